The van der Waals surface area contributed by atoms with Crippen LogP contribution in [0.15, 0.2) is 6.20 Å². The van der Waals surface area contributed by atoms with Crippen LogP contribution in [0.3, 0.4) is 0 Å². The maximum Gasteiger partial charge on any atom is 0.248 e. The molecule has 1 aromatic rings. The summed E-state index contributed by atoms with van der Waals surface area (Å²) in [6, 6.07) is -1.11. The molecule has 4 rings (SSSR count). The minimum Gasteiger partial charge on any atom is -0.391 e. The summed E-state index contributed by atoms with van der Waals surface area (Å²) in [7, 11) is 1.55. The van der Waals surface area contributed by atoms with Crippen LogP contribution < -0.4 is 10.6 Å². The fourth-order valence-corrected chi connectivity index (χ4v) is 4.33. The SMILES string of the molecule is CNC(=O)[C@@H]1C[C@@H](O)CN1C(=O)[C@H](C1CCNCC1)n1cc(C2CC2)nn1. The Balaban J connectivity index is 1.62. The van der Waals surface area contributed by atoms with Crippen molar-refractivity contribution in [3.8, 4) is 0 Å². The van der Waals surface area contributed by atoms with E-state index in [1.165, 1.54) is 4.90 Å². The molecule has 1 aliphatic carbocycles. The normalized spacial score (nSPS) is 27.6. The molecule has 0 spiro atoms. The van der Waals surface area contributed by atoms with Crippen molar-refractivity contribution in [2.24, 2.45) is 5.92 Å². The summed E-state index contributed by atoms with van der Waals surface area (Å²) >= 11 is 0. The van der Waals surface area contributed by atoms with Crippen molar-refractivity contribution < 1.29 is 14.7 Å². The molecule has 3 fully saturated rings. The second-order valence-corrected chi connectivity index (χ2v) is 7.94. The predicted octanol–water partition coefficient (Wildman–Crippen LogP) is -0.596. The fraction of sp³-hybridized carbons (Fsp3) is 0.778. The van der Waals surface area contributed by atoms with Gasteiger partial charge in [0.15, 0.2) is 0 Å². The number of amides is 2. The Morgan fingerprint density at radius 2 is 2.04 bits per heavy atom. The van der Waals surface area contributed by atoms with Crippen LogP contribution in [-0.2, 0) is 9.59 Å². The average molecular weight is 376 g/mol. The Hall–Kier alpha value is -2.00. The first-order valence-corrected chi connectivity index (χ1v) is 9.91. The number of nitrogens with zero attached hydrogens (tertiary/aromatic N) is 4. The molecule has 0 bridgehead atoms. The van der Waals surface area contributed by atoms with Gasteiger partial charge in [-0.1, -0.05) is 5.21 Å². The van der Waals surface area contributed by atoms with Crippen LogP contribution in [-0.4, -0.2) is 75.6 Å². The highest BCUT2D eigenvalue weighted by Gasteiger charge is 2.44. The van der Waals surface area contributed by atoms with Gasteiger partial charge in [-0.3, -0.25) is 9.59 Å². The number of aliphatic hydroxyl groups excluding tert-OH is 1. The lowest BCUT2D eigenvalue weighted by molar-refractivity contribution is -0.143. The van der Waals surface area contributed by atoms with E-state index >= 15 is 0 Å². The molecule has 0 unspecified atom stereocenters. The Kier molecular flexibility index (Phi) is 5.14. The molecule has 0 radical (unpaired) electrons. The second-order valence-electron chi connectivity index (χ2n) is 7.94. The summed E-state index contributed by atoms with van der Waals surface area (Å²) in [6.45, 7) is 1.91. The number of aromatic nitrogens is 3. The third-order valence-electron chi connectivity index (χ3n) is 6.00. The van der Waals surface area contributed by atoms with Crippen molar-refractivity contribution in [1.29, 1.82) is 0 Å². The Morgan fingerprint density at radius 1 is 1.30 bits per heavy atom. The third-order valence-corrected chi connectivity index (χ3v) is 6.00. The first kappa shape index (κ1) is 18.4. The van der Waals surface area contributed by atoms with Crippen molar-refractivity contribution in [1.82, 2.24) is 30.5 Å². The molecular formula is C18H28N6O3. The van der Waals surface area contributed by atoms with E-state index in [9.17, 15) is 14.7 Å². The molecule has 2 amide bonds. The Bertz CT molecular complexity index is 697. The molecule has 0 aromatic carbocycles. The van der Waals surface area contributed by atoms with E-state index in [0.717, 1.165) is 44.5 Å². The highest BCUT2D eigenvalue weighted by Crippen LogP contribution is 2.39. The smallest absolute Gasteiger partial charge is 0.248 e. The van der Waals surface area contributed by atoms with Gasteiger partial charge in [-0.15, -0.1) is 5.10 Å². The maximum atomic E-state index is 13.5. The van der Waals surface area contributed by atoms with Gasteiger partial charge < -0.3 is 20.6 Å². The largest absolute Gasteiger partial charge is 0.391 e. The number of hydrogen-bond acceptors (Lipinski definition) is 6. The highest BCUT2D eigenvalue weighted by molar-refractivity contribution is 5.90. The number of piperidine rings is 1. The van der Waals surface area contributed by atoms with Gasteiger partial charge in [-0.25, -0.2) is 4.68 Å². The van der Waals surface area contributed by atoms with Gasteiger partial charge in [-0.05, 0) is 44.7 Å². The lowest BCUT2D eigenvalue weighted by atomic mass is 9.89. The monoisotopic (exact) mass is 376 g/mol. The summed E-state index contributed by atoms with van der Waals surface area (Å²) in [5.74, 6) is 0.228. The van der Waals surface area contributed by atoms with E-state index in [0.29, 0.717) is 5.92 Å². The van der Waals surface area contributed by atoms with Gasteiger partial charge in [0, 0.05) is 32.1 Å². The number of nitrogens with one attached hydrogen (secondary N) is 2. The van der Waals surface area contributed by atoms with Gasteiger partial charge in [0.2, 0.25) is 11.8 Å². The zero-order valence-corrected chi connectivity index (χ0v) is 15.7. The van der Waals surface area contributed by atoms with E-state index in [4.69, 9.17) is 0 Å². The molecule has 1 aromatic heterocycles. The molecule has 2 aliphatic heterocycles. The number of carbonyl (C=O) groups is 2. The number of rotatable bonds is 5. The maximum absolute atomic E-state index is 13.5. The van der Waals surface area contributed by atoms with Crippen LogP contribution in [0, 0.1) is 5.92 Å². The van der Waals surface area contributed by atoms with Crippen LogP contribution in [0.2, 0.25) is 0 Å². The zero-order valence-electron chi connectivity index (χ0n) is 15.7. The van der Waals surface area contributed by atoms with E-state index in [-0.39, 0.29) is 30.7 Å². The minimum atomic E-state index is -0.678. The molecule has 3 N–H and O–H groups in total. The molecule has 148 valence electrons. The third kappa shape index (κ3) is 3.70. The molecule has 2 saturated heterocycles. The number of β-amino-alcohol motifs (C(OH)–C–C–N with tert-alkyl or cyclic N) is 1. The standard InChI is InChI=1S/C18H28N6O3/c1-19-17(26)15-8-13(25)9-23(15)18(27)16(12-4-6-20-7-5-12)24-10-14(21-22-24)11-2-3-11/h10-13,15-16,20,25H,2-9H2,1H3,(H,19,26)/t13-,15+,16+/m1/s1. The average Bonchev–Trinajstić information content (AvgIpc) is 3.30. The first-order valence-electron chi connectivity index (χ1n) is 9.91. The molecule has 27 heavy (non-hydrogen) atoms. The van der Waals surface area contributed by atoms with Crippen molar-refractivity contribution in [3.05, 3.63) is 11.9 Å². The molecule has 3 heterocycles. The number of likely N-dealkylation sites (tertiary alicyclic amines) is 1. The summed E-state index contributed by atoms with van der Waals surface area (Å²) in [5, 5.41) is 24.6. The molecule has 9 nitrogen and oxygen atoms in total. The second kappa shape index (κ2) is 7.55. The van der Waals surface area contributed by atoms with Gasteiger partial charge in [0.25, 0.3) is 0 Å². The number of likely N-dealkylation sites (N-methyl/N-ethyl adjacent to an activating group) is 1. The zero-order chi connectivity index (χ0) is 19.0. The van der Waals surface area contributed by atoms with Gasteiger partial charge in [0.1, 0.15) is 12.1 Å². The van der Waals surface area contributed by atoms with Gasteiger partial charge in [-0.2, -0.15) is 0 Å². The molecule has 3 atom stereocenters. The first-order chi connectivity index (χ1) is 13.1. The van der Waals surface area contributed by atoms with Crippen molar-refractivity contribution in [2.75, 3.05) is 26.7 Å². The predicted molar refractivity (Wildman–Crippen MR) is 96.8 cm³/mol. The Morgan fingerprint density at radius 3 is 2.70 bits per heavy atom. The van der Waals surface area contributed by atoms with Crippen LogP contribution >= 0.6 is 0 Å². The lowest BCUT2D eigenvalue weighted by Gasteiger charge is -2.34. The van der Waals surface area contributed by atoms with Crippen molar-refractivity contribution in [2.45, 2.75) is 56.2 Å². The molecular weight excluding hydrogens is 348 g/mol. The van der Waals surface area contributed by atoms with Crippen LogP contribution in [0.5, 0.6) is 0 Å². The summed E-state index contributed by atoms with van der Waals surface area (Å²) in [5.41, 5.74) is 0.950. The minimum absolute atomic E-state index is 0.135. The van der Waals surface area contributed by atoms with Gasteiger partial charge in [0.05, 0.1) is 11.8 Å². The number of carbonyl (C=O) groups excluding carboxylic acids is 2. The van der Waals surface area contributed by atoms with Crippen LogP contribution in [0.25, 0.3) is 0 Å². The topological polar surface area (TPSA) is 112 Å². The van der Waals surface area contributed by atoms with E-state index in [2.05, 4.69) is 20.9 Å². The summed E-state index contributed by atoms with van der Waals surface area (Å²) in [6.07, 6.45) is 5.50. The van der Waals surface area contributed by atoms with Crippen molar-refractivity contribution >= 4 is 11.8 Å². The van der Waals surface area contributed by atoms with Crippen molar-refractivity contribution in [3.63, 3.8) is 0 Å². The molecule has 3 aliphatic rings. The molecule has 9 heteroatoms. The van der Waals surface area contributed by atoms with E-state index in [1.54, 1.807) is 11.7 Å². The highest BCUT2D eigenvalue weighted by atomic mass is 16.3. The lowest BCUT2D eigenvalue weighted by Crippen LogP contribution is -2.49. The van der Waals surface area contributed by atoms with E-state index < -0.39 is 18.2 Å². The van der Waals surface area contributed by atoms with Crippen LogP contribution in [0.1, 0.15) is 49.8 Å². The fourth-order valence-electron chi connectivity index (χ4n) is 4.33. The van der Waals surface area contributed by atoms with Crippen LogP contribution in [0.4, 0.5) is 0 Å². The summed E-state index contributed by atoms with van der Waals surface area (Å²) in [4.78, 5) is 27.3. The van der Waals surface area contributed by atoms with Gasteiger partial charge >= 0.3 is 0 Å². The molecule has 1 saturated carbocycles. The number of hydrogen-bond donors (Lipinski definition) is 3. The van der Waals surface area contributed by atoms with E-state index in [1.807, 2.05) is 6.20 Å². The quantitative estimate of drug-likeness (QED) is 0.633. The summed E-state index contributed by atoms with van der Waals surface area (Å²) < 4.78 is 1.71. The Labute approximate surface area is 158 Å². The number of aliphatic hydroxyl groups is 1.